The molecule has 2 saturated heterocycles. The summed E-state index contributed by atoms with van der Waals surface area (Å²) in [5.41, 5.74) is 2.61. The summed E-state index contributed by atoms with van der Waals surface area (Å²) >= 11 is 0. The molecule has 1 spiro atoms. The highest BCUT2D eigenvalue weighted by molar-refractivity contribution is 5.94. The molecule has 1 amide bonds. The Balaban J connectivity index is 0.000000160. The number of aromatic carboxylic acids is 1. The maximum atomic E-state index is 11.1. The quantitative estimate of drug-likeness (QED) is 0.639. The summed E-state index contributed by atoms with van der Waals surface area (Å²) in [5.74, 6) is -0.592. The van der Waals surface area contributed by atoms with E-state index in [9.17, 15) is 9.59 Å². The Bertz CT molecular complexity index is 894. The van der Waals surface area contributed by atoms with Crippen LogP contribution in [0.3, 0.4) is 0 Å². The lowest BCUT2D eigenvalue weighted by molar-refractivity contribution is -0.119. The summed E-state index contributed by atoms with van der Waals surface area (Å²) in [6, 6.07) is 14.7. The summed E-state index contributed by atoms with van der Waals surface area (Å²) in [4.78, 5) is 23.3. The van der Waals surface area contributed by atoms with Crippen molar-refractivity contribution in [1.82, 2.24) is 4.90 Å². The van der Waals surface area contributed by atoms with Gasteiger partial charge in [0.2, 0.25) is 6.41 Å². The number of ether oxygens (including phenoxy) is 2. The molecule has 2 aromatic rings. The van der Waals surface area contributed by atoms with Gasteiger partial charge < -0.3 is 19.5 Å². The number of rotatable bonds is 4. The molecule has 5 rings (SSSR count). The molecule has 1 unspecified atom stereocenters. The standard InChI is InChI=1S/C14H12O3.C8H13NO.C5H10O/c1-17-13-11(10-6-3-2-4-7-10)8-5-9-12(13)14(15)16;10-7-9-5-3-8(1-2-8)4-6-9;1-5-3-2-4-6-5/h2-9H,1H3,(H,15,16);7H,1-6H2;5H,2-4H2,1H3. The Morgan fingerprint density at radius 1 is 1.09 bits per heavy atom. The average molecular weight is 454 g/mol. The van der Waals surface area contributed by atoms with E-state index in [0.717, 1.165) is 37.2 Å². The third-order valence-corrected chi connectivity index (χ3v) is 6.66. The maximum Gasteiger partial charge on any atom is 0.339 e. The SMILES string of the molecule is CC1CCCO1.COc1c(C(=O)O)cccc1-c1ccccc1.O=CN1CCC2(CC1)CC2. The van der Waals surface area contributed by atoms with Gasteiger partial charge in [0.25, 0.3) is 0 Å². The highest BCUT2D eigenvalue weighted by atomic mass is 16.5. The van der Waals surface area contributed by atoms with Crippen LogP contribution >= 0.6 is 0 Å². The van der Waals surface area contributed by atoms with Crippen LogP contribution in [0.15, 0.2) is 48.5 Å². The highest BCUT2D eigenvalue weighted by Crippen LogP contribution is 2.53. The Morgan fingerprint density at radius 3 is 2.24 bits per heavy atom. The maximum absolute atomic E-state index is 11.1. The van der Waals surface area contributed by atoms with Gasteiger partial charge in [0, 0.05) is 25.3 Å². The van der Waals surface area contributed by atoms with E-state index in [1.807, 2.05) is 41.3 Å². The van der Waals surface area contributed by atoms with E-state index in [2.05, 4.69) is 6.92 Å². The van der Waals surface area contributed by atoms with E-state index >= 15 is 0 Å². The zero-order valence-electron chi connectivity index (χ0n) is 19.7. The van der Waals surface area contributed by atoms with Gasteiger partial charge in [-0.1, -0.05) is 42.5 Å². The van der Waals surface area contributed by atoms with Gasteiger partial charge >= 0.3 is 5.97 Å². The zero-order chi connectivity index (χ0) is 23.7. The summed E-state index contributed by atoms with van der Waals surface area (Å²) < 4.78 is 10.4. The number of amides is 1. The third kappa shape index (κ3) is 7.06. The van der Waals surface area contributed by atoms with E-state index < -0.39 is 5.97 Å². The molecule has 6 heteroatoms. The van der Waals surface area contributed by atoms with Gasteiger partial charge in [0.05, 0.1) is 13.2 Å². The van der Waals surface area contributed by atoms with Crippen LogP contribution in [-0.2, 0) is 9.53 Å². The molecule has 0 bridgehead atoms. The van der Waals surface area contributed by atoms with Crippen LogP contribution in [0.2, 0.25) is 0 Å². The first-order valence-electron chi connectivity index (χ1n) is 11.7. The molecule has 1 saturated carbocycles. The second kappa shape index (κ2) is 11.8. The van der Waals surface area contributed by atoms with Crippen LogP contribution in [0.5, 0.6) is 5.75 Å². The van der Waals surface area contributed by atoms with Crippen LogP contribution in [0.25, 0.3) is 11.1 Å². The van der Waals surface area contributed by atoms with Crippen molar-refractivity contribution in [1.29, 1.82) is 0 Å². The van der Waals surface area contributed by atoms with Gasteiger partial charge in [-0.3, -0.25) is 4.79 Å². The summed E-state index contributed by atoms with van der Waals surface area (Å²) in [7, 11) is 1.48. The molecular weight excluding hydrogens is 418 g/mol. The minimum Gasteiger partial charge on any atom is -0.495 e. The van der Waals surface area contributed by atoms with E-state index in [1.165, 1.54) is 51.7 Å². The molecule has 0 radical (unpaired) electrons. The molecule has 3 aliphatic rings. The van der Waals surface area contributed by atoms with Crippen molar-refractivity contribution in [3.8, 4) is 16.9 Å². The lowest BCUT2D eigenvalue weighted by Gasteiger charge is -2.28. The smallest absolute Gasteiger partial charge is 0.339 e. The number of hydrogen-bond acceptors (Lipinski definition) is 4. The number of benzene rings is 2. The van der Waals surface area contributed by atoms with E-state index in [-0.39, 0.29) is 5.56 Å². The van der Waals surface area contributed by atoms with Gasteiger partial charge in [0.15, 0.2) is 0 Å². The van der Waals surface area contributed by atoms with Crippen molar-refractivity contribution < 1.29 is 24.2 Å². The molecule has 178 valence electrons. The molecule has 1 atom stereocenters. The number of piperidine rings is 1. The minimum absolute atomic E-state index is 0.175. The molecule has 3 fully saturated rings. The normalized spacial score (nSPS) is 20.1. The lowest BCUT2D eigenvalue weighted by atomic mass is 9.94. The number of likely N-dealkylation sites (tertiary alicyclic amines) is 1. The molecule has 1 N–H and O–H groups in total. The summed E-state index contributed by atoms with van der Waals surface area (Å²) in [6.07, 6.45) is 9.40. The first kappa shape index (κ1) is 24.8. The Labute approximate surface area is 196 Å². The molecular formula is C27H35NO5. The number of carbonyl (C=O) groups is 2. The number of carboxylic acids is 1. The van der Waals surface area contributed by atoms with Crippen molar-refractivity contribution in [3.05, 3.63) is 54.1 Å². The number of para-hydroxylation sites is 1. The fourth-order valence-electron chi connectivity index (χ4n) is 4.29. The molecule has 6 nitrogen and oxygen atoms in total. The molecule has 33 heavy (non-hydrogen) atoms. The lowest BCUT2D eigenvalue weighted by Crippen LogP contribution is -2.33. The monoisotopic (exact) mass is 453 g/mol. The molecule has 0 aromatic heterocycles. The second-order valence-electron chi connectivity index (χ2n) is 9.02. The number of carboxylic acid groups (broad SMARTS) is 1. The van der Waals surface area contributed by atoms with Crippen LogP contribution in [0, 0.1) is 5.41 Å². The first-order valence-corrected chi connectivity index (χ1v) is 11.7. The van der Waals surface area contributed by atoms with Gasteiger partial charge in [-0.15, -0.1) is 0 Å². The van der Waals surface area contributed by atoms with Gasteiger partial charge in [-0.05, 0) is 62.5 Å². The largest absolute Gasteiger partial charge is 0.495 e. The fraction of sp³-hybridized carbons (Fsp3) is 0.481. The number of carbonyl (C=O) groups excluding carboxylic acids is 1. The predicted octanol–water partition coefficient (Wildman–Crippen LogP) is 5.26. The second-order valence-corrected chi connectivity index (χ2v) is 9.02. The van der Waals surface area contributed by atoms with Crippen LogP contribution in [-0.4, -0.2) is 55.3 Å². The third-order valence-electron chi connectivity index (χ3n) is 6.66. The molecule has 2 heterocycles. The van der Waals surface area contributed by atoms with Crippen LogP contribution in [0.1, 0.15) is 55.8 Å². The molecule has 1 aliphatic carbocycles. The Morgan fingerprint density at radius 2 is 1.79 bits per heavy atom. The van der Waals surface area contributed by atoms with Gasteiger partial charge in [0.1, 0.15) is 11.3 Å². The first-order chi connectivity index (χ1) is 16.0. The predicted molar refractivity (Wildman–Crippen MR) is 129 cm³/mol. The summed E-state index contributed by atoms with van der Waals surface area (Å²) in [5, 5.41) is 9.09. The minimum atomic E-state index is -0.986. The van der Waals surface area contributed by atoms with Crippen molar-refractivity contribution >= 4 is 12.4 Å². The topological polar surface area (TPSA) is 76.1 Å². The number of hydrogen-bond donors (Lipinski definition) is 1. The number of nitrogens with zero attached hydrogens (tertiary/aromatic N) is 1. The van der Waals surface area contributed by atoms with Crippen molar-refractivity contribution in [2.45, 2.75) is 51.6 Å². The van der Waals surface area contributed by atoms with Crippen molar-refractivity contribution in [2.24, 2.45) is 5.41 Å². The van der Waals surface area contributed by atoms with Crippen LogP contribution in [0.4, 0.5) is 0 Å². The summed E-state index contributed by atoms with van der Waals surface area (Å²) in [6.45, 7) is 5.11. The van der Waals surface area contributed by atoms with E-state index in [1.54, 1.807) is 6.07 Å². The van der Waals surface area contributed by atoms with Crippen molar-refractivity contribution in [2.75, 3.05) is 26.8 Å². The Kier molecular flexibility index (Phi) is 8.89. The molecule has 2 aromatic carbocycles. The van der Waals surface area contributed by atoms with Crippen molar-refractivity contribution in [3.63, 3.8) is 0 Å². The average Bonchev–Trinajstić information content (AvgIpc) is 3.43. The van der Waals surface area contributed by atoms with Gasteiger partial charge in [-0.25, -0.2) is 4.79 Å². The highest BCUT2D eigenvalue weighted by Gasteiger charge is 2.44. The molecule has 2 aliphatic heterocycles. The number of methoxy groups -OCH3 is 1. The van der Waals surface area contributed by atoms with E-state index in [0.29, 0.717) is 17.3 Å². The van der Waals surface area contributed by atoms with Gasteiger partial charge in [-0.2, -0.15) is 0 Å². The van der Waals surface area contributed by atoms with Crippen LogP contribution < -0.4 is 4.74 Å². The van der Waals surface area contributed by atoms with E-state index in [4.69, 9.17) is 14.6 Å². The fourth-order valence-corrected chi connectivity index (χ4v) is 4.29. The Hall–Kier alpha value is -2.86. The zero-order valence-corrected chi connectivity index (χ0v) is 19.7.